The molecule has 0 radical (unpaired) electrons. The van der Waals surface area contributed by atoms with E-state index in [4.69, 9.17) is 4.42 Å². The van der Waals surface area contributed by atoms with Crippen molar-refractivity contribution in [3.05, 3.63) is 75.3 Å². The van der Waals surface area contributed by atoms with Crippen LogP contribution >= 0.6 is 11.3 Å². The smallest absolute Gasteiger partial charge is 0.296 e. The van der Waals surface area contributed by atoms with Gasteiger partial charge >= 0.3 is 0 Å². The molecule has 0 aliphatic carbocycles. The van der Waals surface area contributed by atoms with Gasteiger partial charge in [-0.3, -0.25) is 14.5 Å². The number of para-hydroxylation sites is 2. The molecule has 9 heteroatoms. The van der Waals surface area contributed by atoms with Crippen LogP contribution in [0, 0.1) is 13.8 Å². The molecule has 1 unspecified atom stereocenters. The predicted octanol–water partition coefficient (Wildman–Crippen LogP) is 4.01. The number of nitrogens with zero attached hydrogens (tertiary/aromatic N) is 3. The summed E-state index contributed by atoms with van der Waals surface area (Å²) in [6.45, 7) is 3.53. The first-order valence-corrected chi connectivity index (χ1v) is 10.0. The van der Waals surface area contributed by atoms with Crippen LogP contribution in [0.5, 0.6) is 0 Å². The number of imidazole rings is 1. The van der Waals surface area contributed by atoms with Crippen molar-refractivity contribution in [2.24, 2.45) is 0 Å². The van der Waals surface area contributed by atoms with Crippen molar-refractivity contribution >= 4 is 40.0 Å². The van der Waals surface area contributed by atoms with Crippen LogP contribution < -0.4 is 4.90 Å². The van der Waals surface area contributed by atoms with Crippen molar-refractivity contribution in [2.45, 2.75) is 19.9 Å². The Morgan fingerprint density at radius 3 is 2.67 bits per heavy atom. The number of thiazole rings is 1. The number of H-pyrrole nitrogens is 1. The van der Waals surface area contributed by atoms with Gasteiger partial charge in [-0.1, -0.05) is 12.1 Å². The Balaban J connectivity index is 1.67. The Labute approximate surface area is 174 Å². The molecule has 1 aliphatic heterocycles. The lowest BCUT2D eigenvalue weighted by Crippen LogP contribution is -2.31. The van der Waals surface area contributed by atoms with Gasteiger partial charge < -0.3 is 14.5 Å². The average molecular weight is 420 g/mol. The standard InChI is InChI=1S/C21H16N4O4S/c1-10-19(30-11(2)22-10)17(26)15-16(14-8-5-9-29-14)25(20(28)18(15)27)21-23-12-6-3-4-7-13(12)24-21/h3-9,16,27H,1-2H3,(H,23,24). The fourth-order valence-corrected chi connectivity index (χ4v) is 4.56. The minimum absolute atomic E-state index is 0.0536. The minimum atomic E-state index is -0.956. The zero-order chi connectivity index (χ0) is 21.0. The van der Waals surface area contributed by atoms with Crippen LogP contribution in [0.4, 0.5) is 5.95 Å². The van der Waals surface area contributed by atoms with Crippen LogP contribution in [0.15, 0.2) is 58.4 Å². The van der Waals surface area contributed by atoms with Gasteiger partial charge in [0.2, 0.25) is 11.7 Å². The van der Waals surface area contributed by atoms with E-state index in [-0.39, 0.29) is 11.5 Å². The highest BCUT2D eigenvalue weighted by atomic mass is 32.1. The first kappa shape index (κ1) is 18.3. The van der Waals surface area contributed by atoms with E-state index in [1.807, 2.05) is 18.2 Å². The Morgan fingerprint density at radius 1 is 1.20 bits per heavy atom. The summed E-state index contributed by atoms with van der Waals surface area (Å²) in [5, 5.41) is 11.5. The molecule has 2 N–H and O–H groups in total. The number of hydrogen-bond acceptors (Lipinski definition) is 7. The maximum Gasteiger partial charge on any atom is 0.296 e. The molecule has 4 aromatic rings. The molecule has 1 aliphatic rings. The largest absolute Gasteiger partial charge is 0.503 e. The molecule has 0 bridgehead atoms. The maximum absolute atomic E-state index is 13.4. The second-order valence-corrected chi connectivity index (χ2v) is 8.11. The lowest BCUT2D eigenvalue weighted by atomic mass is 10.00. The first-order chi connectivity index (χ1) is 14.5. The topological polar surface area (TPSA) is 112 Å². The summed E-state index contributed by atoms with van der Waals surface area (Å²) in [6, 6.07) is 9.68. The molecule has 30 heavy (non-hydrogen) atoms. The van der Waals surface area contributed by atoms with Gasteiger partial charge in [0.05, 0.1) is 38.4 Å². The lowest BCUT2D eigenvalue weighted by molar-refractivity contribution is -0.117. The minimum Gasteiger partial charge on any atom is -0.503 e. The van der Waals surface area contributed by atoms with E-state index in [1.54, 1.807) is 32.0 Å². The van der Waals surface area contributed by atoms with E-state index in [1.165, 1.54) is 22.5 Å². The molecule has 1 atom stereocenters. The Bertz CT molecular complexity index is 1300. The third-order valence-corrected chi connectivity index (χ3v) is 6.05. The number of ketones is 1. The van der Waals surface area contributed by atoms with Crippen LogP contribution in [0.1, 0.15) is 32.2 Å². The van der Waals surface area contributed by atoms with Crippen molar-refractivity contribution in [1.82, 2.24) is 15.0 Å². The molecule has 3 aromatic heterocycles. The number of aromatic nitrogens is 3. The summed E-state index contributed by atoms with van der Waals surface area (Å²) >= 11 is 1.22. The number of rotatable bonds is 4. The highest BCUT2D eigenvalue weighted by Gasteiger charge is 2.47. The van der Waals surface area contributed by atoms with E-state index >= 15 is 0 Å². The molecular formula is C21H16N4O4S. The van der Waals surface area contributed by atoms with E-state index in [9.17, 15) is 14.7 Å². The zero-order valence-corrected chi connectivity index (χ0v) is 16.9. The van der Waals surface area contributed by atoms with Crippen molar-refractivity contribution < 1.29 is 19.1 Å². The number of aryl methyl sites for hydroxylation is 2. The molecule has 0 saturated heterocycles. The Hall–Kier alpha value is -3.72. The molecular weight excluding hydrogens is 404 g/mol. The molecule has 0 saturated carbocycles. The monoisotopic (exact) mass is 420 g/mol. The van der Waals surface area contributed by atoms with Crippen LogP contribution in [0.2, 0.25) is 0 Å². The molecule has 4 heterocycles. The number of carbonyl (C=O) groups is 2. The third-order valence-electron chi connectivity index (χ3n) is 4.98. The van der Waals surface area contributed by atoms with E-state index < -0.39 is 23.5 Å². The number of anilines is 1. The number of Topliss-reactive ketones (excluding diaryl/α,β-unsaturated/α-hetero) is 1. The molecule has 5 rings (SSSR count). The van der Waals surface area contributed by atoms with Gasteiger partial charge in [0.15, 0.2) is 5.76 Å². The number of aliphatic hydroxyl groups is 1. The molecule has 1 aromatic carbocycles. The van der Waals surface area contributed by atoms with Gasteiger partial charge in [-0.15, -0.1) is 11.3 Å². The van der Waals surface area contributed by atoms with Crippen molar-refractivity contribution in [2.75, 3.05) is 4.90 Å². The summed E-state index contributed by atoms with van der Waals surface area (Å²) in [6.07, 6.45) is 1.45. The number of nitrogens with one attached hydrogen (secondary N) is 1. The number of furan rings is 1. The van der Waals surface area contributed by atoms with Gasteiger partial charge in [0.1, 0.15) is 11.8 Å². The summed E-state index contributed by atoms with van der Waals surface area (Å²) < 4.78 is 5.55. The number of benzene rings is 1. The van der Waals surface area contributed by atoms with Crippen LogP contribution in [-0.2, 0) is 4.79 Å². The first-order valence-electron chi connectivity index (χ1n) is 9.19. The van der Waals surface area contributed by atoms with Crippen LogP contribution in [-0.4, -0.2) is 31.7 Å². The van der Waals surface area contributed by atoms with E-state index in [0.717, 1.165) is 10.5 Å². The van der Waals surface area contributed by atoms with Gasteiger partial charge in [0.25, 0.3) is 5.91 Å². The van der Waals surface area contributed by atoms with Crippen LogP contribution in [0.3, 0.4) is 0 Å². The lowest BCUT2D eigenvalue weighted by Gasteiger charge is -2.22. The molecule has 1 amide bonds. The van der Waals surface area contributed by atoms with Gasteiger partial charge in [-0.05, 0) is 38.1 Å². The highest BCUT2D eigenvalue weighted by Crippen LogP contribution is 2.42. The molecule has 8 nitrogen and oxygen atoms in total. The number of fused-ring (bicyclic) bond motifs is 1. The van der Waals surface area contributed by atoms with Crippen LogP contribution in [0.25, 0.3) is 11.0 Å². The van der Waals surface area contributed by atoms with E-state index in [2.05, 4.69) is 15.0 Å². The summed E-state index contributed by atoms with van der Waals surface area (Å²) in [5.74, 6) is -1.24. The quantitative estimate of drug-likeness (QED) is 0.483. The number of carbonyl (C=O) groups excluding carboxylic acids is 2. The normalized spacial score (nSPS) is 16.8. The number of hydrogen-bond donors (Lipinski definition) is 2. The summed E-state index contributed by atoms with van der Waals surface area (Å²) in [7, 11) is 0. The van der Waals surface area contributed by atoms with E-state index in [0.29, 0.717) is 21.8 Å². The Kier molecular flexibility index (Phi) is 4.07. The number of aliphatic hydroxyl groups excluding tert-OH is 1. The van der Waals surface area contributed by atoms with Gasteiger partial charge in [-0.2, -0.15) is 0 Å². The molecule has 0 fully saturated rings. The fraction of sp³-hybridized carbons (Fsp3) is 0.143. The second kappa shape index (κ2) is 6.67. The van der Waals surface area contributed by atoms with Crippen molar-refractivity contribution in [3.8, 4) is 0 Å². The molecule has 150 valence electrons. The second-order valence-electron chi connectivity index (χ2n) is 6.91. The summed E-state index contributed by atoms with van der Waals surface area (Å²) in [5.41, 5.74) is 1.89. The highest BCUT2D eigenvalue weighted by molar-refractivity contribution is 7.14. The third kappa shape index (κ3) is 2.66. The predicted molar refractivity (Wildman–Crippen MR) is 111 cm³/mol. The van der Waals surface area contributed by atoms with Gasteiger partial charge in [0, 0.05) is 0 Å². The number of amides is 1. The van der Waals surface area contributed by atoms with Crippen molar-refractivity contribution in [3.63, 3.8) is 0 Å². The van der Waals surface area contributed by atoms with Crippen molar-refractivity contribution in [1.29, 1.82) is 0 Å². The maximum atomic E-state index is 13.4. The average Bonchev–Trinajstić information content (AvgIpc) is 3.48. The van der Waals surface area contributed by atoms with Gasteiger partial charge in [-0.25, -0.2) is 9.97 Å². The summed E-state index contributed by atoms with van der Waals surface area (Å²) in [4.78, 5) is 40.0. The molecule has 0 spiro atoms. The Morgan fingerprint density at radius 2 is 2.00 bits per heavy atom. The zero-order valence-electron chi connectivity index (χ0n) is 16.0. The number of aromatic amines is 1. The fourth-order valence-electron chi connectivity index (χ4n) is 3.69. The SMILES string of the molecule is Cc1nc(C)c(C(=O)C2=C(O)C(=O)N(c3nc4ccccc4[nH]3)C2c2ccco2)s1.